The van der Waals surface area contributed by atoms with Crippen molar-refractivity contribution in [2.75, 3.05) is 6.54 Å². The van der Waals surface area contributed by atoms with E-state index in [-0.39, 0.29) is 25.8 Å². The number of rotatable bonds is 7. The Labute approximate surface area is 311 Å². The maximum absolute atomic E-state index is 14.4. The highest BCUT2D eigenvalue weighted by atomic mass is 32.2. The lowest BCUT2D eigenvalue weighted by atomic mass is 10.0. The Kier molecular flexibility index (Phi) is 10.9. The second-order valence-electron chi connectivity index (χ2n) is 16.3. The smallest absolute Gasteiger partial charge is 0.410 e. The highest BCUT2D eigenvalue weighted by Gasteiger charge is 2.63. The van der Waals surface area contributed by atoms with Gasteiger partial charge in [0.25, 0.3) is 5.91 Å². The summed E-state index contributed by atoms with van der Waals surface area (Å²) in [4.78, 5) is 71.8. The molecule has 5 amide bonds. The van der Waals surface area contributed by atoms with Crippen molar-refractivity contribution in [3.63, 3.8) is 0 Å². The molecule has 5 aliphatic rings. The summed E-state index contributed by atoms with van der Waals surface area (Å²) in [6.07, 6.45) is 6.81. The molecule has 6 rings (SSSR count). The van der Waals surface area contributed by atoms with Gasteiger partial charge in [-0.15, -0.1) is 0 Å². The lowest BCUT2D eigenvalue weighted by Crippen LogP contribution is -2.58. The van der Waals surface area contributed by atoms with Gasteiger partial charge < -0.3 is 25.0 Å². The molecule has 2 aliphatic carbocycles. The fourth-order valence-electron chi connectivity index (χ4n) is 7.86. The van der Waals surface area contributed by atoms with E-state index in [9.17, 15) is 32.4 Å². The van der Waals surface area contributed by atoms with Gasteiger partial charge in [0.2, 0.25) is 21.8 Å². The zero-order chi connectivity index (χ0) is 38.2. The van der Waals surface area contributed by atoms with Crippen molar-refractivity contribution in [2.45, 2.75) is 145 Å². The first-order chi connectivity index (χ1) is 25.1. The van der Waals surface area contributed by atoms with Crippen LogP contribution < -0.4 is 15.4 Å². The van der Waals surface area contributed by atoms with Crippen LogP contribution >= 0.6 is 0 Å². The largest absolute Gasteiger partial charge is 0.444 e. The molecule has 0 unspecified atom stereocenters. The molecule has 1 aromatic carbocycles. The number of fused-ring (bicyclic) bond motifs is 3. The number of sulfonamides is 1. The third-order valence-corrected chi connectivity index (χ3v) is 13.2. The van der Waals surface area contributed by atoms with Crippen LogP contribution in [0.4, 0.5) is 9.59 Å². The molecule has 53 heavy (non-hydrogen) atoms. The summed E-state index contributed by atoms with van der Waals surface area (Å²) < 4.78 is 39.6. The molecule has 14 nitrogen and oxygen atoms in total. The average Bonchev–Trinajstić information content (AvgIpc) is 3.91. The summed E-state index contributed by atoms with van der Waals surface area (Å²) in [5.74, 6) is -2.47. The van der Waals surface area contributed by atoms with Crippen LogP contribution in [0, 0.1) is 5.92 Å². The van der Waals surface area contributed by atoms with Crippen LogP contribution in [0.5, 0.6) is 0 Å². The number of benzene rings is 1. The molecule has 2 saturated carbocycles. The third-order valence-electron chi connectivity index (χ3n) is 11.0. The monoisotopic (exact) mass is 755 g/mol. The highest BCUT2D eigenvalue weighted by Crippen LogP contribution is 2.49. The van der Waals surface area contributed by atoms with Crippen molar-refractivity contribution < 1.29 is 41.9 Å². The minimum atomic E-state index is -4.02. The second kappa shape index (κ2) is 14.9. The number of carbonyl (C=O) groups is 5. The van der Waals surface area contributed by atoms with Gasteiger partial charge >= 0.3 is 12.2 Å². The van der Waals surface area contributed by atoms with Gasteiger partial charge in [0.1, 0.15) is 29.3 Å². The molecular weight excluding hydrogens is 703 g/mol. The summed E-state index contributed by atoms with van der Waals surface area (Å²) in [6.45, 7) is 7.66. The Morgan fingerprint density at radius 2 is 1.74 bits per heavy atom. The van der Waals surface area contributed by atoms with Crippen LogP contribution in [0.3, 0.4) is 0 Å². The van der Waals surface area contributed by atoms with Crippen LogP contribution in [0.2, 0.25) is 0 Å². The standard InChI is InChI=1S/C38H53N5O9S/c1-5-17-37(18-19-37)53(49,50)41-33(46)38-21-27(38)15-9-7-6-8-10-16-29(39-34(47)52-36(2,3)4)32(45)43-24-28(20-30(43)31(44)40-38)51-35(48)42-22-25-13-11-12-14-26(25)23-42/h9,11-15,27-30H,5-8,10,16-24H2,1-4H3,(H,39,47)(H,40,44)(H,41,46)/b15-9-/t27-,28+,29-,30-,38-/m0/s1. The summed E-state index contributed by atoms with van der Waals surface area (Å²) in [5, 5.41) is 5.57. The Morgan fingerprint density at radius 3 is 2.38 bits per heavy atom. The van der Waals surface area contributed by atoms with Crippen molar-refractivity contribution in [1.82, 2.24) is 25.2 Å². The summed E-state index contributed by atoms with van der Waals surface area (Å²) >= 11 is 0. The maximum Gasteiger partial charge on any atom is 0.410 e. The molecule has 3 aliphatic heterocycles. The molecule has 3 N–H and O–H groups in total. The van der Waals surface area contributed by atoms with Crippen LogP contribution in [0.25, 0.3) is 0 Å². The van der Waals surface area contributed by atoms with Gasteiger partial charge in [-0.05, 0) is 76.8 Å². The van der Waals surface area contributed by atoms with Crippen molar-refractivity contribution in [3.8, 4) is 0 Å². The normalized spacial score (nSPS) is 28.9. The molecule has 0 radical (unpaired) electrons. The molecule has 0 aromatic heterocycles. The second-order valence-corrected chi connectivity index (χ2v) is 18.4. The van der Waals surface area contributed by atoms with Gasteiger partial charge in [-0.2, -0.15) is 0 Å². The summed E-state index contributed by atoms with van der Waals surface area (Å²) in [5.41, 5.74) is -0.338. The minimum absolute atomic E-state index is 0.0562. The molecule has 290 valence electrons. The number of allylic oxidation sites excluding steroid dienone is 1. The molecular formula is C38H53N5O9S. The Hall–Kier alpha value is -4.14. The zero-order valence-electron chi connectivity index (χ0n) is 31.1. The Balaban J connectivity index is 1.25. The van der Waals surface area contributed by atoms with E-state index in [1.165, 1.54) is 4.90 Å². The summed E-state index contributed by atoms with van der Waals surface area (Å²) in [7, 11) is -4.02. The number of hydrogen-bond acceptors (Lipinski definition) is 9. The quantitative estimate of drug-likeness (QED) is 0.344. The first-order valence-corrected chi connectivity index (χ1v) is 20.4. The van der Waals surface area contributed by atoms with Gasteiger partial charge in [-0.25, -0.2) is 18.0 Å². The molecule has 5 atom stereocenters. The topological polar surface area (TPSA) is 181 Å². The number of carbonyl (C=O) groups excluding carboxylic acids is 5. The van der Waals surface area contributed by atoms with E-state index < -0.39 is 79.9 Å². The van der Waals surface area contributed by atoms with E-state index in [2.05, 4.69) is 15.4 Å². The Morgan fingerprint density at radius 1 is 1.04 bits per heavy atom. The van der Waals surface area contributed by atoms with Gasteiger partial charge in [-0.3, -0.25) is 24.0 Å². The number of ether oxygens (including phenoxy) is 2. The number of nitrogens with one attached hydrogen (secondary N) is 3. The van der Waals surface area contributed by atoms with E-state index in [0.29, 0.717) is 51.6 Å². The average molecular weight is 756 g/mol. The first kappa shape index (κ1) is 38.6. The van der Waals surface area contributed by atoms with Crippen LogP contribution in [-0.4, -0.2) is 88.7 Å². The molecule has 1 saturated heterocycles. The van der Waals surface area contributed by atoms with E-state index >= 15 is 0 Å². The number of amides is 5. The van der Waals surface area contributed by atoms with Crippen LogP contribution in [-0.2, 0) is 47.0 Å². The van der Waals surface area contributed by atoms with Gasteiger partial charge in [0.05, 0.1) is 11.3 Å². The molecule has 3 fully saturated rings. The summed E-state index contributed by atoms with van der Waals surface area (Å²) in [6, 6.07) is 5.49. The number of hydrogen-bond donors (Lipinski definition) is 3. The first-order valence-electron chi connectivity index (χ1n) is 18.9. The fourth-order valence-corrected chi connectivity index (χ4v) is 9.62. The molecule has 0 bridgehead atoms. The van der Waals surface area contributed by atoms with Crippen molar-refractivity contribution >= 4 is 39.9 Å². The molecule has 0 spiro atoms. The third kappa shape index (κ3) is 8.49. The lowest BCUT2D eigenvalue weighted by Gasteiger charge is -2.30. The van der Waals surface area contributed by atoms with Gasteiger partial charge in [0, 0.05) is 25.4 Å². The van der Waals surface area contributed by atoms with Crippen LogP contribution in [0.15, 0.2) is 36.4 Å². The number of nitrogens with zero attached hydrogens (tertiary/aromatic N) is 2. The SMILES string of the molecule is CCCC1(S(=O)(=O)NC(=O)[C@]23C[C@@H]2/C=C\CCCCC[C@H](NC(=O)OC(C)(C)C)C(=O)N2C[C@H](OC(=O)N4Cc5ccccc5C4)C[C@H]2C(=O)N3)CC1. The predicted octanol–water partition coefficient (Wildman–Crippen LogP) is 4.18. The van der Waals surface area contributed by atoms with E-state index in [0.717, 1.165) is 24.0 Å². The van der Waals surface area contributed by atoms with E-state index in [1.807, 2.05) is 43.3 Å². The van der Waals surface area contributed by atoms with Crippen molar-refractivity contribution in [2.24, 2.45) is 5.92 Å². The fraction of sp³-hybridized carbons (Fsp3) is 0.658. The van der Waals surface area contributed by atoms with E-state index in [1.54, 1.807) is 25.7 Å². The molecule has 15 heteroatoms. The minimum Gasteiger partial charge on any atom is -0.444 e. The zero-order valence-corrected chi connectivity index (χ0v) is 32.0. The maximum atomic E-state index is 14.4. The molecule has 1 aromatic rings. The van der Waals surface area contributed by atoms with Gasteiger partial charge in [-0.1, -0.05) is 62.6 Å². The molecule has 3 heterocycles. The number of alkyl carbamates (subject to hydrolysis) is 1. The van der Waals surface area contributed by atoms with E-state index in [4.69, 9.17) is 9.47 Å². The highest BCUT2D eigenvalue weighted by molar-refractivity contribution is 7.91. The lowest BCUT2D eigenvalue weighted by molar-refractivity contribution is -0.141. The van der Waals surface area contributed by atoms with Gasteiger partial charge in [0.15, 0.2) is 0 Å². The predicted molar refractivity (Wildman–Crippen MR) is 194 cm³/mol. The van der Waals surface area contributed by atoms with Crippen molar-refractivity contribution in [3.05, 3.63) is 47.5 Å². The Bertz CT molecular complexity index is 1730. The van der Waals surface area contributed by atoms with Crippen LogP contribution in [0.1, 0.15) is 109 Å². The van der Waals surface area contributed by atoms with Crippen molar-refractivity contribution in [1.29, 1.82) is 0 Å².